The molecule has 0 aliphatic rings. The molecule has 256 valence electrons. The summed E-state index contributed by atoms with van der Waals surface area (Å²) < 4.78 is 16.0. The number of hydrogen-bond acceptors (Lipinski definition) is 2. The lowest BCUT2D eigenvalue weighted by Crippen LogP contribution is -1.94. The topological polar surface area (TPSA) is 31.2 Å². The summed E-state index contributed by atoms with van der Waals surface area (Å²) in [5, 5.41) is 10.3. The molecule has 0 aliphatic carbocycles. The molecule has 3 heteroatoms. The normalized spacial score (nSPS) is 12.0. The van der Waals surface area contributed by atoms with Crippen molar-refractivity contribution in [2.24, 2.45) is 0 Å². The van der Waals surface area contributed by atoms with Crippen LogP contribution in [-0.4, -0.2) is 4.57 Å². The van der Waals surface area contributed by atoms with Gasteiger partial charge in [-0.05, 0) is 75.1 Å². The van der Waals surface area contributed by atoms with Crippen molar-refractivity contribution in [1.82, 2.24) is 4.57 Å². The van der Waals surface area contributed by atoms with Gasteiger partial charge in [0.05, 0.1) is 11.0 Å². The van der Waals surface area contributed by atoms with Crippen molar-refractivity contribution in [2.45, 2.75) is 0 Å². The second-order valence-corrected chi connectivity index (χ2v) is 14.4. The smallest absolute Gasteiger partial charge is 0.144 e. The average molecular weight is 702 g/mol. The highest BCUT2D eigenvalue weighted by Gasteiger charge is 2.25. The molecule has 0 amide bonds. The number of aromatic nitrogens is 1. The fourth-order valence-electron chi connectivity index (χ4n) is 9.04. The highest BCUT2D eigenvalue weighted by Crippen LogP contribution is 2.50. The van der Waals surface area contributed by atoms with E-state index in [1.165, 1.54) is 43.7 Å². The van der Waals surface area contributed by atoms with Gasteiger partial charge in [-0.15, -0.1) is 0 Å². The van der Waals surface area contributed by atoms with Crippen LogP contribution in [0.25, 0.3) is 116 Å². The quantitative estimate of drug-likeness (QED) is 0.171. The van der Waals surface area contributed by atoms with Gasteiger partial charge < -0.3 is 13.4 Å². The first-order valence-electron chi connectivity index (χ1n) is 18.8. The Kier molecular flexibility index (Phi) is 6.34. The molecule has 9 aromatic carbocycles. The minimum Gasteiger partial charge on any atom is -0.456 e. The molecule has 0 radical (unpaired) electrons. The predicted molar refractivity (Wildman–Crippen MR) is 229 cm³/mol. The van der Waals surface area contributed by atoms with Crippen LogP contribution in [0, 0.1) is 0 Å². The van der Waals surface area contributed by atoms with Crippen LogP contribution < -0.4 is 0 Å². The van der Waals surface area contributed by atoms with Crippen LogP contribution in [0.1, 0.15) is 0 Å². The van der Waals surface area contributed by atoms with Gasteiger partial charge in [0.2, 0.25) is 0 Å². The zero-order valence-electron chi connectivity index (χ0n) is 29.7. The van der Waals surface area contributed by atoms with Gasteiger partial charge in [-0.1, -0.05) is 146 Å². The number of hydrogen-bond donors (Lipinski definition) is 0. The zero-order valence-corrected chi connectivity index (χ0v) is 29.7. The Hall–Kier alpha value is -7.36. The Morgan fingerprint density at radius 2 is 0.891 bits per heavy atom. The number of furan rings is 2. The van der Waals surface area contributed by atoms with E-state index in [1.807, 2.05) is 12.1 Å². The van der Waals surface area contributed by atoms with Crippen LogP contribution in [0.2, 0.25) is 0 Å². The molecule has 0 aliphatic heterocycles. The molecule has 3 aromatic heterocycles. The maximum Gasteiger partial charge on any atom is 0.144 e. The average Bonchev–Trinajstić information content (AvgIpc) is 3.94. The summed E-state index contributed by atoms with van der Waals surface area (Å²) in [4.78, 5) is 0. The van der Waals surface area contributed by atoms with Crippen molar-refractivity contribution >= 4 is 76.3 Å². The van der Waals surface area contributed by atoms with Crippen LogP contribution >= 0.6 is 0 Å². The van der Waals surface area contributed by atoms with Crippen molar-refractivity contribution < 1.29 is 8.83 Å². The second kappa shape index (κ2) is 11.6. The van der Waals surface area contributed by atoms with Gasteiger partial charge in [-0.3, -0.25) is 0 Å². The van der Waals surface area contributed by atoms with Crippen molar-refractivity contribution in [2.75, 3.05) is 0 Å². The molecular formula is C52H31NO2. The monoisotopic (exact) mass is 701 g/mol. The van der Waals surface area contributed by atoms with Gasteiger partial charge in [0.15, 0.2) is 0 Å². The van der Waals surface area contributed by atoms with E-state index in [-0.39, 0.29) is 0 Å². The standard InChI is InChI=1S/C52H31NO2/c1-3-15-32(16-4-1)47-31-43-48(54-47)30-42-37-20-12-14-26-46(37)55-52(42)51(43)50-40-23-9-7-21-38(40)49(39-22-8-10-24-41(39)50)33-27-28-36-35-19-11-13-25-44(35)53(45(36)29-33)34-17-5-2-6-18-34/h1-31H. The largest absolute Gasteiger partial charge is 0.456 e. The first-order chi connectivity index (χ1) is 27.3. The van der Waals surface area contributed by atoms with Gasteiger partial charge in [0, 0.05) is 49.3 Å². The minimum atomic E-state index is 0.834. The SMILES string of the molecule is c1ccc(-c2cc3c(-c4c5ccccc5c(-c5ccc6c7ccccc7n(-c7ccccc7)c6c5)c5ccccc45)c4oc5ccccc5c4cc3o2)cc1. The predicted octanol–water partition coefficient (Wildman–Crippen LogP) is 14.7. The maximum atomic E-state index is 6.86. The number of fused-ring (bicyclic) bond motifs is 9. The lowest BCUT2D eigenvalue weighted by Gasteiger charge is -2.18. The molecular weight excluding hydrogens is 671 g/mol. The van der Waals surface area contributed by atoms with E-state index in [0.717, 1.165) is 71.8 Å². The van der Waals surface area contributed by atoms with Crippen molar-refractivity contribution in [3.05, 3.63) is 188 Å². The first kappa shape index (κ1) is 30.1. The van der Waals surface area contributed by atoms with E-state index in [9.17, 15) is 0 Å². The second-order valence-electron chi connectivity index (χ2n) is 14.4. The van der Waals surface area contributed by atoms with E-state index in [0.29, 0.717) is 0 Å². The molecule has 0 fully saturated rings. The third-order valence-electron chi connectivity index (χ3n) is 11.4. The molecule has 0 saturated carbocycles. The first-order valence-corrected chi connectivity index (χ1v) is 18.8. The summed E-state index contributed by atoms with van der Waals surface area (Å²) in [5.74, 6) is 0.834. The van der Waals surface area contributed by atoms with Crippen LogP contribution in [-0.2, 0) is 0 Å². The zero-order chi connectivity index (χ0) is 36.0. The Balaban J connectivity index is 1.21. The summed E-state index contributed by atoms with van der Waals surface area (Å²) in [6.45, 7) is 0. The van der Waals surface area contributed by atoms with Crippen LogP contribution in [0.4, 0.5) is 0 Å². The molecule has 12 aromatic rings. The van der Waals surface area contributed by atoms with Crippen molar-refractivity contribution in [3.8, 4) is 39.3 Å². The van der Waals surface area contributed by atoms with E-state index < -0.39 is 0 Å². The Labute approximate surface area is 315 Å². The molecule has 0 atom stereocenters. The lowest BCUT2D eigenvalue weighted by molar-refractivity contribution is 0.631. The fourth-order valence-corrected chi connectivity index (χ4v) is 9.04. The number of para-hydroxylation sites is 3. The van der Waals surface area contributed by atoms with E-state index >= 15 is 0 Å². The van der Waals surface area contributed by atoms with E-state index in [1.54, 1.807) is 0 Å². The summed E-state index contributed by atoms with van der Waals surface area (Å²) in [6.07, 6.45) is 0. The Morgan fingerprint density at radius 1 is 0.309 bits per heavy atom. The summed E-state index contributed by atoms with van der Waals surface area (Å²) >= 11 is 0. The van der Waals surface area contributed by atoms with Gasteiger partial charge in [0.25, 0.3) is 0 Å². The highest BCUT2D eigenvalue weighted by atomic mass is 16.3. The molecule has 0 bridgehead atoms. The number of rotatable bonds is 4. The van der Waals surface area contributed by atoms with Crippen LogP contribution in [0.3, 0.4) is 0 Å². The van der Waals surface area contributed by atoms with E-state index in [4.69, 9.17) is 8.83 Å². The third kappa shape index (κ3) is 4.38. The Bertz CT molecular complexity index is 3420. The molecule has 0 unspecified atom stereocenters. The molecule has 3 nitrogen and oxygen atoms in total. The number of benzene rings is 9. The van der Waals surface area contributed by atoms with E-state index in [2.05, 4.69) is 180 Å². The molecule has 0 spiro atoms. The summed E-state index contributed by atoms with van der Waals surface area (Å²) in [6, 6.07) is 67.1. The lowest BCUT2D eigenvalue weighted by atomic mass is 9.84. The van der Waals surface area contributed by atoms with Crippen LogP contribution in [0.5, 0.6) is 0 Å². The Morgan fingerprint density at radius 3 is 1.62 bits per heavy atom. The summed E-state index contributed by atoms with van der Waals surface area (Å²) in [7, 11) is 0. The molecule has 0 N–H and O–H groups in total. The van der Waals surface area contributed by atoms with Crippen molar-refractivity contribution in [3.63, 3.8) is 0 Å². The molecule has 12 rings (SSSR count). The van der Waals surface area contributed by atoms with Gasteiger partial charge in [0.1, 0.15) is 22.5 Å². The maximum absolute atomic E-state index is 6.86. The molecule has 55 heavy (non-hydrogen) atoms. The van der Waals surface area contributed by atoms with Gasteiger partial charge in [-0.25, -0.2) is 0 Å². The van der Waals surface area contributed by atoms with Gasteiger partial charge in [-0.2, -0.15) is 0 Å². The fraction of sp³-hybridized carbons (Fsp3) is 0. The third-order valence-corrected chi connectivity index (χ3v) is 11.4. The van der Waals surface area contributed by atoms with Crippen molar-refractivity contribution in [1.29, 1.82) is 0 Å². The minimum absolute atomic E-state index is 0.834. The summed E-state index contributed by atoms with van der Waals surface area (Å²) in [5.41, 5.74) is 11.7. The molecule has 3 heterocycles. The van der Waals surface area contributed by atoms with Crippen LogP contribution in [0.15, 0.2) is 197 Å². The van der Waals surface area contributed by atoms with Gasteiger partial charge >= 0.3 is 0 Å². The highest BCUT2D eigenvalue weighted by molar-refractivity contribution is 6.28. The molecule has 0 saturated heterocycles. The number of nitrogens with zero attached hydrogens (tertiary/aromatic N) is 1.